The van der Waals surface area contributed by atoms with E-state index in [9.17, 15) is 13.6 Å². The van der Waals surface area contributed by atoms with Crippen LogP contribution in [0.2, 0.25) is 0 Å². The number of benzene rings is 1. The molecule has 2 aromatic rings. The molecule has 100 valence electrons. The van der Waals surface area contributed by atoms with Gasteiger partial charge in [-0.1, -0.05) is 6.07 Å². The monoisotopic (exact) mass is 266 g/mol. The number of aromatic nitrogens is 3. The maximum absolute atomic E-state index is 13.4. The lowest BCUT2D eigenvalue weighted by atomic mass is 10.1. The van der Waals surface area contributed by atoms with Crippen molar-refractivity contribution in [1.29, 1.82) is 0 Å². The van der Waals surface area contributed by atoms with Crippen LogP contribution in [0.3, 0.4) is 0 Å². The molecule has 2 rings (SSSR count). The molecule has 0 aliphatic rings. The van der Waals surface area contributed by atoms with Gasteiger partial charge >= 0.3 is 0 Å². The first-order valence-electron chi connectivity index (χ1n) is 5.59. The maximum Gasteiger partial charge on any atom is 0.227 e. The van der Waals surface area contributed by atoms with Gasteiger partial charge in [0.2, 0.25) is 5.91 Å². The normalized spacial score (nSPS) is 10.5. The summed E-state index contributed by atoms with van der Waals surface area (Å²) in [4.78, 5) is 17.1. The van der Waals surface area contributed by atoms with Crippen molar-refractivity contribution in [3.63, 3.8) is 0 Å². The first kappa shape index (κ1) is 13.1. The van der Waals surface area contributed by atoms with Gasteiger partial charge in [-0.2, -0.15) is 5.10 Å². The quantitative estimate of drug-likeness (QED) is 0.906. The van der Waals surface area contributed by atoms with Gasteiger partial charge in [-0.15, -0.1) is 0 Å². The number of carbonyl (C=O) groups excluding carboxylic acids is 1. The van der Waals surface area contributed by atoms with E-state index in [-0.39, 0.29) is 18.5 Å². The maximum atomic E-state index is 13.4. The highest BCUT2D eigenvalue weighted by Gasteiger charge is 2.16. The smallest absolute Gasteiger partial charge is 0.227 e. The minimum Gasteiger partial charge on any atom is -0.338 e. The van der Waals surface area contributed by atoms with Crippen molar-refractivity contribution in [2.45, 2.75) is 13.0 Å². The molecule has 0 atom stereocenters. The molecule has 0 saturated heterocycles. The molecule has 1 heterocycles. The number of rotatable bonds is 4. The van der Waals surface area contributed by atoms with Gasteiger partial charge < -0.3 is 4.90 Å². The Labute approximate surface area is 108 Å². The summed E-state index contributed by atoms with van der Waals surface area (Å²) in [6, 6.07) is 3.52. The van der Waals surface area contributed by atoms with Crippen LogP contribution in [0.15, 0.2) is 24.5 Å². The number of likely N-dealkylation sites (N-methyl/N-ethyl adjacent to an activating group) is 1. The molecule has 0 aliphatic carbocycles. The van der Waals surface area contributed by atoms with Crippen LogP contribution in [0.5, 0.6) is 0 Å². The van der Waals surface area contributed by atoms with E-state index < -0.39 is 17.5 Å². The molecule has 19 heavy (non-hydrogen) atoms. The van der Waals surface area contributed by atoms with Crippen LogP contribution in [0.4, 0.5) is 8.78 Å². The van der Waals surface area contributed by atoms with Gasteiger partial charge in [-0.3, -0.25) is 9.89 Å². The van der Waals surface area contributed by atoms with Crippen LogP contribution in [0.25, 0.3) is 0 Å². The second-order valence-corrected chi connectivity index (χ2v) is 4.06. The Morgan fingerprint density at radius 1 is 1.37 bits per heavy atom. The Morgan fingerprint density at radius 3 is 2.63 bits per heavy atom. The minimum atomic E-state index is -0.721. The third-order valence-electron chi connectivity index (χ3n) is 2.67. The van der Waals surface area contributed by atoms with Crippen LogP contribution < -0.4 is 0 Å². The molecule has 0 bridgehead atoms. The molecular weight excluding hydrogens is 254 g/mol. The standard InChI is InChI=1S/C12H12F2N4O/c1-18(6-11-15-7-16-17-11)12(19)5-8-9(13)3-2-4-10(8)14/h2-4,7H,5-6H2,1H3,(H,15,16,17). The average Bonchev–Trinajstić information content (AvgIpc) is 2.86. The van der Waals surface area contributed by atoms with E-state index in [1.807, 2.05) is 0 Å². The molecule has 1 aromatic carbocycles. The number of hydrogen-bond donors (Lipinski definition) is 1. The summed E-state index contributed by atoms with van der Waals surface area (Å²) in [5.41, 5.74) is -0.225. The summed E-state index contributed by atoms with van der Waals surface area (Å²) in [5, 5.41) is 6.26. The number of aromatic amines is 1. The zero-order valence-corrected chi connectivity index (χ0v) is 10.2. The summed E-state index contributed by atoms with van der Waals surface area (Å²) in [5.74, 6) is -1.34. The molecule has 1 aromatic heterocycles. The van der Waals surface area contributed by atoms with Gasteiger partial charge in [-0.05, 0) is 12.1 Å². The first-order valence-corrected chi connectivity index (χ1v) is 5.59. The summed E-state index contributed by atoms with van der Waals surface area (Å²) in [7, 11) is 1.53. The number of nitrogens with one attached hydrogen (secondary N) is 1. The Kier molecular flexibility index (Phi) is 3.84. The zero-order valence-electron chi connectivity index (χ0n) is 10.2. The van der Waals surface area contributed by atoms with Gasteiger partial charge in [0.05, 0.1) is 13.0 Å². The fourth-order valence-corrected chi connectivity index (χ4v) is 1.61. The zero-order chi connectivity index (χ0) is 13.8. The molecule has 1 amide bonds. The topological polar surface area (TPSA) is 61.9 Å². The number of amides is 1. The van der Waals surface area contributed by atoms with E-state index in [1.54, 1.807) is 0 Å². The summed E-state index contributed by atoms with van der Waals surface area (Å²) < 4.78 is 26.8. The molecule has 0 spiro atoms. The average molecular weight is 266 g/mol. The lowest BCUT2D eigenvalue weighted by Gasteiger charge is -2.15. The summed E-state index contributed by atoms with van der Waals surface area (Å²) >= 11 is 0. The predicted octanol–water partition coefficient (Wildman–Crippen LogP) is 1.28. The van der Waals surface area contributed by atoms with Crippen molar-refractivity contribution in [2.75, 3.05) is 7.05 Å². The van der Waals surface area contributed by atoms with Crippen molar-refractivity contribution in [1.82, 2.24) is 20.1 Å². The van der Waals surface area contributed by atoms with E-state index in [4.69, 9.17) is 0 Å². The van der Waals surface area contributed by atoms with Crippen LogP contribution in [0.1, 0.15) is 11.4 Å². The second-order valence-electron chi connectivity index (χ2n) is 4.06. The predicted molar refractivity (Wildman–Crippen MR) is 62.9 cm³/mol. The Morgan fingerprint density at radius 2 is 2.05 bits per heavy atom. The molecule has 7 heteroatoms. The fourth-order valence-electron chi connectivity index (χ4n) is 1.61. The number of H-pyrrole nitrogens is 1. The van der Waals surface area contributed by atoms with Crippen molar-refractivity contribution >= 4 is 5.91 Å². The lowest BCUT2D eigenvalue weighted by Crippen LogP contribution is -2.28. The molecule has 0 saturated carbocycles. The van der Waals surface area contributed by atoms with Gasteiger partial charge in [-0.25, -0.2) is 13.8 Å². The largest absolute Gasteiger partial charge is 0.338 e. The molecule has 5 nitrogen and oxygen atoms in total. The second kappa shape index (κ2) is 5.55. The van der Waals surface area contributed by atoms with Gasteiger partial charge in [0.15, 0.2) is 0 Å². The Balaban J connectivity index is 2.04. The van der Waals surface area contributed by atoms with Crippen molar-refractivity contribution in [3.05, 3.63) is 47.5 Å². The van der Waals surface area contributed by atoms with E-state index in [2.05, 4.69) is 15.2 Å². The van der Waals surface area contributed by atoms with E-state index >= 15 is 0 Å². The van der Waals surface area contributed by atoms with Gasteiger partial charge in [0, 0.05) is 12.6 Å². The van der Waals surface area contributed by atoms with Crippen molar-refractivity contribution in [2.24, 2.45) is 0 Å². The highest BCUT2D eigenvalue weighted by atomic mass is 19.1. The summed E-state index contributed by atoms with van der Waals surface area (Å²) in [6.45, 7) is 0.203. The van der Waals surface area contributed by atoms with E-state index in [0.717, 1.165) is 12.1 Å². The molecular formula is C12H12F2N4O. The summed E-state index contributed by atoms with van der Waals surface area (Å²) in [6.07, 6.45) is 0.993. The highest BCUT2D eigenvalue weighted by Crippen LogP contribution is 2.13. The molecule has 1 N–H and O–H groups in total. The van der Waals surface area contributed by atoms with E-state index in [1.165, 1.54) is 24.3 Å². The number of hydrogen-bond acceptors (Lipinski definition) is 3. The fraction of sp³-hybridized carbons (Fsp3) is 0.250. The van der Waals surface area contributed by atoms with Crippen LogP contribution in [-0.2, 0) is 17.8 Å². The molecule has 0 radical (unpaired) electrons. The first-order chi connectivity index (χ1) is 9.08. The number of nitrogens with zero attached hydrogens (tertiary/aromatic N) is 3. The van der Waals surface area contributed by atoms with Crippen molar-refractivity contribution in [3.8, 4) is 0 Å². The SMILES string of the molecule is CN(Cc1ncn[nH]1)C(=O)Cc1c(F)cccc1F. The molecule has 0 fully saturated rings. The van der Waals surface area contributed by atoms with Gasteiger partial charge in [0.1, 0.15) is 23.8 Å². The Hall–Kier alpha value is -2.31. The Bertz CT molecular complexity index is 551. The number of halogens is 2. The molecule has 0 unspecified atom stereocenters. The minimum absolute atomic E-state index is 0.203. The van der Waals surface area contributed by atoms with Crippen LogP contribution in [-0.4, -0.2) is 33.0 Å². The van der Waals surface area contributed by atoms with Crippen LogP contribution >= 0.6 is 0 Å². The molecule has 0 aliphatic heterocycles. The highest BCUT2D eigenvalue weighted by molar-refractivity contribution is 5.78. The van der Waals surface area contributed by atoms with Crippen LogP contribution in [0, 0.1) is 11.6 Å². The third kappa shape index (κ3) is 3.12. The van der Waals surface area contributed by atoms with E-state index in [0.29, 0.717) is 5.82 Å². The third-order valence-corrected chi connectivity index (χ3v) is 2.67. The van der Waals surface area contributed by atoms with Gasteiger partial charge in [0.25, 0.3) is 0 Å². The lowest BCUT2D eigenvalue weighted by molar-refractivity contribution is -0.129. The number of carbonyl (C=O) groups is 1. The van der Waals surface area contributed by atoms with Crippen molar-refractivity contribution < 1.29 is 13.6 Å².